The van der Waals surface area contributed by atoms with Gasteiger partial charge in [0.1, 0.15) is 5.75 Å². The van der Waals surface area contributed by atoms with Crippen LogP contribution in [0.3, 0.4) is 0 Å². The molecule has 8 nitrogen and oxygen atoms in total. The molecule has 2 N–H and O–H groups in total. The Hall–Kier alpha value is -2.91. The number of sulfonamides is 1. The maximum atomic E-state index is 12.7. The number of benzene rings is 2. The van der Waals surface area contributed by atoms with Crippen molar-refractivity contribution < 1.29 is 22.7 Å². The molecule has 0 aliphatic heterocycles. The molecule has 2 unspecified atom stereocenters. The van der Waals surface area contributed by atoms with E-state index in [0.29, 0.717) is 18.8 Å². The third kappa shape index (κ3) is 7.03. The molecule has 0 bridgehead atoms. The fourth-order valence-electron chi connectivity index (χ4n) is 3.54. The molecular formula is C24H33N3O5S. The van der Waals surface area contributed by atoms with Crippen molar-refractivity contribution in [2.45, 2.75) is 51.1 Å². The molecule has 0 aliphatic rings. The summed E-state index contributed by atoms with van der Waals surface area (Å²) < 4.78 is 31.9. The van der Waals surface area contributed by atoms with Gasteiger partial charge in [0, 0.05) is 20.0 Å². The summed E-state index contributed by atoms with van der Waals surface area (Å²) in [5, 5.41) is 5.73. The van der Waals surface area contributed by atoms with Crippen LogP contribution in [-0.4, -0.2) is 44.7 Å². The Morgan fingerprint density at radius 1 is 0.939 bits per heavy atom. The maximum Gasteiger partial charge on any atom is 0.243 e. The van der Waals surface area contributed by atoms with E-state index < -0.39 is 16.1 Å². The summed E-state index contributed by atoms with van der Waals surface area (Å²) in [4.78, 5) is 24.6. The summed E-state index contributed by atoms with van der Waals surface area (Å²) in [6.07, 6.45) is 0.0602. The normalized spacial score (nSPS) is 13.3. The standard InChI is InChI=1S/C24H33N3O5S/c1-6-27(7-2)33(30,31)22-14-10-19(11-15-22)17(3)25-24(29)16-23(26-18(4)28)20-8-12-21(32-5)13-9-20/h8-15,17,23H,6-7,16H2,1-5H3,(H,25,29)(H,26,28). The number of hydrogen-bond donors (Lipinski definition) is 2. The number of carbonyl (C=O) groups is 2. The van der Waals surface area contributed by atoms with Crippen LogP contribution in [-0.2, 0) is 19.6 Å². The van der Waals surface area contributed by atoms with Crippen LogP contribution in [0.25, 0.3) is 0 Å². The van der Waals surface area contributed by atoms with Crippen LogP contribution in [0.4, 0.5) is 0 Å². The second-order valence-corrected chi connectivity index (χ2v) is 9.62. The van der Waals surface area contributed by atoms with Gasteiger partial charge in [-0.1, -0.05) is 38.1 Å². The van der Waals surface area contributed by atoms with E-state index in [2.05, 4.69) is 10.6 Å². The number of methoxy groups -OCH3 is 1. The van der Waals surface area contributed by atoms with Crippen molar-refractivity contribution in [3.05, 3.63) is 59.7 Å². The lowest BCUT2D eigenvalue weighted by Crippen LogP contribution is -2.33. The molecule has 180 valence electrons. The third-order valence-corrected chi connectivity index (χ3v) is 7.45. The van der Waals surface area contributed by atoms with Crippen molar-refractivity contribution in [2.24, 2.45) is 0 Å². The topological polar surface area (TPSA) is 105 Å². The Kier molecular flexibility index (Phi) is 9.43. The summed E-state index contributed by atoms with van der Waals surface area (Å²) in [7, 11) is -1.96. The van der Waals surface area contributed by atoms with Crippen LogP contribution in [0, 0.1) is 0 Å². The molecule has 0 saturated carbocycles. The Balaban J connectivity index is 2.09. The zero-order valence-corrected chi connectivity index (χ0v) is 20.6. The highest BCUT2D eigenvalue weighted by atomic mass is 32.2. The minimum absolute atomic E-state index is 0.0602. The van der Waals surface area contributed by atoms with Gasteiger partial charge in [-0.2, -0.15) is 4.31 Å². The maximum absolute atomic E-state index is 12.7. The molecule has 0 aromatic heterocycles. The average molecular weight is 476 g/mol. The molecule has 2 rings (SSSR count). The van der Waals surface area contributed by atoms with E-state index >= 15 is 0 Å². The second kappa shape index (κ2) is 11.8. The predicted molar refractivity (Wildman–Crippen MR) is 127 cm³/mol. The van der Waals surface area contributed by atoms with Crippen molar-refractivity contribution in [1.82, 2.24) is 14.9 Å². The molecule has 0 spiro atoms. The minimum Gasteiger partial charge on any atom is -0.497 e. The van der Waals surface area contributed by atoms with Crippen molar-refractivity contribution in [3.8, 4) is 5.75 Å². The lowest BCUT2D eigenvalue weighted by molar-refractivity contribution is -0.123. The largest absolute Gasteiger partial charge is 0.497 e. The predicted octanol–water partition coefficient (Wildman–Crippen LogP) is 3.17. The van der Waals surface area contributed by atoms with E-state index in [1.807, 2.05) is 19.1 Å². The van der Waals surface area contributed by atoms with E-state index in [4.69, 9.17) is 4.74 Å². The van der Waals surface area contributed by atoms with E-state index in [-0.39, 0.29) is 29.2 Å². The lowest BCUT2D eigenvalue weighted by atomic mass is 10.0. The lowest BCUT2D eigenvalue weighted by Gasteiger charge is -2.21. The minimum atomic E-state index is -3.53. The molecule has 33 heavy (non-hydrogen) atoms. The SMILES string of the molecule is CCN(CC)S(=O)(=O)c1ccc(C(C)NC(=O)CC(NC(C)=O)c2ccc(OC)cc2)cc1. The summed E-state index contributed by atoms with van der Waals surface area (Å²) in [6.45, 7) is 7.63. The van der Waals surface area contributed by atoms with Gasteiger partial charge in [0.25, 0.3) is 0 Å². The first-order chi connectivity index (χ1) is 15.6. The van der Waals surface area contributed by atoms with Crippen molar-refractivity contribution in [3.63, 3.8) is 0 Å². The molecule has 0 aliphatic carbocycles. The first-order valence-corrected chi connectivity index (χ1v) is 12.4. The fraction of sp³-hybridized carbons (Fsp3) is 0.417. The van der Waals surface area contributed by atoms with Crippen LogP contribution in [0.5, 0.6) is 5.75 Å². The Morgan fingerprint density at radius 2 is 1.48 bits per heavy atom. The number of nitrogens with zero attached hydrogens (tertiary/aromatic N) is 1. The molecule has 0 saturated heterocycles. The van der Waals surface area contributed by atoms with Gasteiger partial charge in [-0.05, 0) is 42.3 Å². The van der Waals surface area contributed by atoms with Crippen molar-refractivity contribution in [2.75, 3.05) is 20.2 Å². The van der Waals surface area contributed by atoms with Crippen molar-refractivity contribution in [1.29, 1.82) is 0 Å². The Bertz CT molecular complexity index is 1030. The van der Waals surface area contributed by atoms with Gasteiger partial charge in [0.15, 0.2) is 0 Å². The van der Waals surface area contributed by atoms with E-state index in [0.717, 1.165) is 11.1 Å². The summed E-state index contributed by atoms with van der Waals surface area (Å²) in [5.41, 5.74) is 1.57. The second-order valence-electron chi connectivity index (χ2n) is 7.68. The number of amides is 2. The number of ether oxygens (including phenoxy) is 1. The zero-order valence-electron chi connectivity index (χ0n) is 19.8. The summed E-state index contributed by atoms with van der Waals surface area (Å²) in [5.74, 6) is 0.212. The number of nitrogens with one attached hydrogen (secondary N) is 2. The molecule has 2 amide bonds. The van der Waals surface area contributed by atoms with Gasteiger partial charge in [0.05, 0.1) is 30.5 Å². The van der Waals surface area contributed by atoms with Crippen LogP contribution in [0.15, 0.2) is 53.4 Å². The van der Waals surface area contributed by atoms with Gasteiger partial charge in [-0.25, -0.2) is 8.42 Å². The Morgan fingerprint density at radius 3 is 1.97 bits per heavy atom. The molecule has 2 aromatic carbocycles. The fourth-order valence-corrected chi connectivity index (χ4v) is 5.00. The quantitative estimate of drug-likeness (QED) is 0.519. The number of rotatable bonds is 11. The monoisotopic (exact) mass is 475 g/mol. The van der Waals surface area contributed by atoms with Gasteiger partial charge in [-0.3, -0.25) is 9.59 Å². The van der Waals surface area contributed by atoms with E-state index in [9.17, 15) is 18.0 Å². The highest BCUT2D eigenvalue weighted by Gasteiger charge is 2.22. The molecule has 2 aromatic rings. The first-order valence-electron chi connectivity index (χ1n) is 10.9. The Labute approximate surface area is 196 Å². The van der Waals surface area contributed by atoms with Crippen LogP contribution in [0.1, 0.15) is 57.3 Å². The number of carbonyl (C=O) groups excluding carboxylic acids is 2. The smallest absolute Gasteiger partial charge is 0.243 e. The van der Waals surface area contributed by atoms with Gasteiger partial charge < -0.3 is 15.4 Å². The molecule has 9 heteroatoms. The van der Waals surface area contributed by atoms with Gasteiger partial charge in [-0.15, -0.1) is 0 Å². The van der Waals surface area contributed by atoms with E-state index in [1.165, 1.54) is 11.2 Å². The van der Waals surface area contributed by atoms with E-state index in [1.54, 1.807) is 57.4 Å². The molecule has 2 atom stereocenters. The molecule has 0 heterocycles. The summed E-state index contributed by atoms with van der Waals surface area (Å²) in [6, 6.07) is 12.9. The molecular weight excluding hydrogens is 442 g/mol. The van der Waals surface area contributed by atoms with Gasteiger partial charge in [0.2, 0.25) is 21.8 Å². The zero-order chi connectivity index (χ0) is 24.6. The van der Waals surface area contributed by atoms with Crippen LogP contribution >= 0.6 is 0 Å². The first kappa shape index (κ1) is 26.3. The highest BCUT2D eigenvalue weighted by Crippen LogP contribution is 2.22. The van der Waals surface area contributed by atoms with Crippen LogP contribution in [0.2, 0.25) is 0 Å². The molecule has 0 radical (unpaired) electrons. The molecule has 0 fully saturated rings. The summed E-state index contributed by atoms with van der Waals surface area (Å²) >= 11 is 0. The van der Waals surface area contributed by atoms with Crippen molar-refractivity contribution >= 4 is 21.8 Å². The van der Waals surface area contributed by atoms with Gasteiger partial charge >= 0.3 is 0 Å². The number of hydrogen-bond acceptors (Lipinski definition) is 5. The highest BCUT2D eigenvalue weighted by molar-refractivity contribution is 7.89. The van der Waals surface area contributed by atoms with Crippen LogP contribution < -0.4 is 15.4 Å². The third-order valence-electron chi connectivity index (χ3n) is 5.39. The average Bonchev–Trinajstić information content (AvgIpc) is 2.79.